The average Bonchev–Trinajstić information content (AvgIpc) is 3.13. The van der Waals surface area contributed by atoms with E-state index in [0.29, 0.717) is 18.8 Å². The van der Waals surface area contributed by atoms with Gasteiger partial charge in [0.1, 0.15) is 5.82 Å². The van der Waals surface area contributed by atoms with Crippen LogP contribution in [0.1, 0.15) is 23.4 Å². The van der Waals surface area contributed by atoms with Crippen molar-refractivity contribution in [3.63, 3.8) is 0 Å². The van der Waals surface area contributed by atoms with Gasteiger partial charge in [-0.15, -0.1) is 0 Å². The zero-order chi connectivity index (χ0) is 17.6. The Morgan fingerprint density at radius 1 is 1.16 bits per heavy atom. The lowest BCUT2D eigenvalue weighted by molar-refractivity contribution is -0.117. The maximum absolute atomic E-state index is 13.5. The second kappa shape index (κ2) is 7.94. The van der Waals surface area contributed by atoms with Crippen LogP contribution < -0.4 is 10.6 Å². The SMILES string of the molecule is O=C(CN1CCC(NC(=O)c2ccco2)CC1)Nc1ccccc1F. The Morgan fingerprint density at radius 3 is 2.60 bits per heavy atom. The Kier molecular flexibility index (Phi) is 5.45. The summed E-state index contributed by atoms with van der Waals surface area (Å²) in [5, 5.41) is 5.51. The molecule has 1 aliphatic rings. The van der Waals surface area contributed by atoms with Crippen molar-refractivity contribution in [2.24, 2.45) is 0 Å². The van der Waals surface area contributed by atoms with Gasteiger partial charge >= 0.3 is 0 Å². The normalized spacial score (nSPS) is 15.7. The van der Waals surface area contributed by atoms with Crippen LogP contribution >= 0.6 is 0 Å². The highest BCUT2D eigenvalue weighted by molar-refractivity contribution is 5.92. The van der Waals surface area contributed by atoms with Gasteiger partial charge in [0.25, 0.3) is 5.91 Å². The van der Waals surface area contributed by atoms with Gasteiger partial charge in [0.05, 0.1) is 18.5 Å². The summed E-state index contributed by atoms with van der Waals surface area (Å²) in [7, 11) is 0. The zero-order valence-corrected chi connectivity index (χ0v) is 13.7. The van der Waals surface area contributed by atoms with E-state index >= 15 is 0 Å². The number of piperidine rings is 1. The van der Waals surface area contributed by atoms with Crippen molar-refractivity contribution in [1.29, 1.82) is 0 Å². The van der Waals surface area contributed by atoms with Crippen LogP contribution in [0.2, 0.25) is 0 Å². The van der Waals surface area contributed by atoms with E-state index in [0.717, 1.165) is 12.8 Å². The van der Waals surface area contributed by atoms with Crippen molar-refractivity contribution >= 4 is 17.5 Å². The van der Waals surface area contributed by atoms with Crippen molar-refractivity contribution in [1.82, 2.24) is 10.2 Å². The highest BCUT2D eigenvalue weighted by Gasteiger charge is 2.23. The molecule has 1 aromatic carbocycles. The summed E-state index contributed by atoms with van der Waals surface area (Å²) in [5.74, 6) is -0.620. The number of halogens is 1. The molecule has 0 saturated carbocycles. The van der Waals surface area contributed by atoms with E-state index in [1.807, 2.05) is 4.90 Å². The minimum absolute atomic E-state index is 0.0588. The number of nitrogens with one attached hydrogen (secondary N) is 2. The highest BCUT2D eigenvalue weighted by Crippen LogP contribution is 2.14. The fourth-order valence-electron chi connectivity index (χ4n) is 2.86. The van der Waals surface area contributed by atoms with Crippen LogP contribution in [0.25, 0.3) is 0 Å². The molecule has 2 N–H and O–H groups in total. The number of amides is 2. The molecule has 1 fully saturated rings. The summed E-state index contributed by atoms with van der Waals surface area (Å²) < 4.78 is 18.6. The van der Waals surface area contributed by atoms with Gasteiger partial charge in [-0.05, 0) is 37.1 Å². The molecule has 2 aromatic rings. The third-order valence-electron chi connectivity index (χ3n) is 4.18. The molecule has 2 amide bonds. The first-order valence-corrected chi connectivity index (χ1v) is 8.23. The number of benzene rings is 1. The summed E-state index contributed by atoms with van der Waals surface area (Å²) in [6.45, 7) is 1.58. The summed E-state index contributed by atoms with van der Waals surface area (Å²) in [4.78, 5) is 26.0. The maximum atomic E-state index is 13.5. The van der Waals surface area contributed by atoms with Crippen LogP contribution in [0.3, 0.4) is 0 Å². The molecule has 7 heteroatoms. The Bertz CT molecular complexity index is 725. The van der Waals surface area contributed by atoms with Crippen LogP contribution in [-0.2, 0) is 4.79 Å². The van der Waals surface area contributed by atoms with Gasteiger partial charge < -0.3 is 15.1 Å². The Hall–Kier alpha value is -2.67. The number of likely N-dealkylation sites (tertiary alicyclic amines) is 1. The zero-order valence-electron chi connectivity index (χ0n) is 13.7. The maximum Gasteiger partial charge on any atom is 0.287 e. The third-order valence-corrected chi connectivity index (χ3v) is 4.18. The number of hydrogen-bond donors (Lipinski definition) is 2. The first kappa shape index (κ1) is 17.2. The molecule has 1 aromatic heterocycles. The molecule has 1 saturated heterocycles. The average molecular weight is 345 g/mol. The van der Waals surface area contributed by atoms with Gasteiger partial charge in [-0.3, -0.25) is 14.5 Å². The molecule has 0 aliphatic carbocycles. The monoisotopic (exact) mass is 345 g/mol. The minimum atomic E-state index is -0.449. The molecule has 25 heavy (non-hydrogen) atoms. The number of para-hydroxylation sites is 1. The Labute approximate surface area is 145 Å². The molecule has 0 bridgehead atoms. The van der Waals surface area contributed by atoms with Gasteiger partial charge in [-0.1, -0.05) is 12.1 Å². The van der Waals surface area contributed by atoms with Crippen molar-refractivity contribution < 1.29 is 18.4 Å². The minimum Gasteiger partial charge on any atom is -0.459 e. The predicted molar refractivity (Wildman–Crippen MR) is 90.7 cm³/mol. The number of nitrogens with zero attached hydrogens (tertiary/aromatic N) is 1. The number of rotatable bonds is 5. The predicted octanol–water partition coefficient (Wildman–Crippen LogP) is 2.25. The smallest absolute Gasteiger partial charge is 0.287 e. The van der Waals surface area contributed by atoms with E-state index in [1.165, 1.54) is 18.4 Å². The lowest BCUT2D eigenvalue weighted by Crippen LogP contribution is -2.46. The lowest BCUT2D eigenvalue weighted by Gasteiger charge is -2.31. The fourth-order valence-corrected chi connectivity index (χ4v) is 2.86. The van der Waals surface area contributed by atoms with Crippen LogP contribution in [0, 0.1) is 5.82 Å². The number of carbonyl (C=O) groups is 2. The quantitative estimate of drug-likeness (QED) is 0.872. The fraction of sp³-hybridized carbons (Fsp3) is 0.333. The van der Waals surface area contributed by atoms with Crippen LogP contribution in [-0.4, -0.2) is 42.4 Å². The van der Waals surface area contributed by atoms with Crippen molar-refractivity contribution in [2.45, 2.75) is 18.9 Å². The highest BCUT2D eigenvalue weighted by atomic mass is 19.1. The van der Waals surface area contributed by atoms with Gasteiger partial charge in [0.2, 0.25) is 5.91 Å². The van der Waals surface area contributed by atoms with Crippen LogP contribution in [0.15, 0.2) is 47.1 Å². The van der Waals surface area contributed by atoms with Crippen LogP contribution in [0.4, 0.5) is 10.1 Å². The number of hydrogen-bond acceptors (Lipinski definition) is 4. The van der Waals surface area contributed by atoms with Gasteiger partial charge in [-0.25, -0.2) is 4.39 Å². The first-order chi connectivity index (χ1) is 12.1. The van der Waals surface area contributed by atoms with Crippen molar-refractivity contribution in [3.05, 3.63) is 54.2 Å². The Morgan fingerprint density at radius 2 is 1.92 bits per heavy atom. The van der Waals surface area contributed by atoms with Gasteiger partial charge in [0, 0.05) is 19.1 Å². The molecule has 132 valence electrons. The molecule has 3 rings (SSSR count). The summed E-state index contributed by atoms with van der Waals surface area (Å²) >= 11 is 0. The molecule has 0 atom stereocenters. The number of anilines is 1. The molecule has 1 aliphatic heterocycles. The summed E-state index contributed by atoms with van der Waals surface area (Å²) in [5.41, 5.74) is 0.188. The second-order valence-electron chi connectivity index (χ2n) is 6.03. The molecule has 0 spiro atoms. The second-order valence-corrected chi connectivity index (χ2v) is 6.03. The van der Waals surface area contributed by atoms with E-state index in [2.05, 4.69) is 10.6 Å². The largest absolute Gasteiger partial charge is 0.459 e. The molecule has 0 radical (unpaired) electrons. The van der Waals surface area contributed by atoms with Gasteiger partial charge in [-0.2, -0.15) is 0 Å². The Balaban J connectivity index is 1.42. The van der Waals surface area contributed by atoms with E-state index in [1.54, 1.807) is 24.3 Å². The van der Waals surface area contributed by atoms with E-state index in [-0.39, 0.29) is 30.1 Å². The first-order valence-electron chi connectivity index (χ1n) is 8.23. The summed E-state index contributed by atoms with van der Waals surface area (Å²) in [6, 6.07) is 9.44. The van der Waals surface area contributed by atoms with Gasteiger partial charge in [0.15, 0.2) is 5.76 Å². The third kappa shape index (κ3) is 4.67. The van der Waals surface area contributed by atoms with E-state index < -0.39 is 5.82 Å². The lowest BCUT2D eigenvalue weighted by atomic mass is 10.0. The molecule has 6 nitrogen and oxygen atoms in total. The van der Waals surface area contributed by atoms with E-state index in [9.17, 15) is 14.0 Å². The molecular weight excluding hydrogens is 325 g/mol. The standard InChI is InChI=1S/C18H20FN3O3/c19-14-4-1-2-5-15(14)21-17(23)12-22-9-7-13(8-10-22)20-18(24)16-6-3-11-25-16/h1-6,11,13H,7-10,12H2,(H,20,24)(H,21,23). The number of furan rings is 1. The van der Waals surface area contributed by atoms with Crippen molar-refractivity contribution in [2.75, 3.05) is 25.0 Å². The molecule has 0 unspecified atom stereocenters. The van der Waals surface area contributed by atoms with Crippen LogP contribution in [0.5, 0.6) is 0 Å². The summed E-state index contributed by atoms with van der Waals surface area (Å²) in [6.07, 6.45) is 2.96. The topological polar surface area (TPSA) is 74.6 Å². The van der Waals surface area contributed by atoms with Crippen molar-refractivity contribution in [3.8, 4) is 0 Å². The van der Waals surface area contributed by atoms with E-state index in [4.69, 9.17) is 4.42 Å². The molecular formula is C18H20FN3O3. The molecule has 2 heterocycles. The number of carbonyl (C=O) groups excluding carboxylic acids is 2.